The number of fused-ring (bicyclic) bond motifs is 1. The Morgan fingerprint density at radius 1 is 1.64 bits per heavy atom. The summed E-state index contributed by atoms with van der Waals surface area (Å²) in [6.45, 7) is 1.77. The maximum Gasteiger partial charge on any atom is 0.337 e. The summed E-state index contributed by atoms with van der Waals surface area (Å²) in [7, 11) is 0. The van der Waals surface area contributed by atoms with Gasteiger partial charge >= 0.3 is 5.97 Å². The minimum Gasteiger partial charge on any atom is -0.478 e. The molecule has 0 aliphatic carbocycles. The molecule has 2 aromatic heterocycles. The van der Waals surface area contributed by atoms with Gasteiger partial charge in [-0.15, -0.1) is 0 Å². The number of aryl methyl sites for hydroxylation is 1. The van der Waals surface area contributed by atoms with E-state index in [0.29, 0.717) is 0 Å². The molecule has 2 rings (SSSR count). The minimum absolute atomic E-state index is 0.288. The molecule has 14 heavy (non-hydrogen) atoms. The zero-order valence-corrected chi connectivity index (χ0v) is 8.95. The lowest BCUT2D eigenvalue weighted by atomic mass is 10.2. The van der Waals surface area contributed by atoms with Gasteiger partial charge < -0.3 is 5.11 Å². The first-order chi connectivity index (χ1) is 6.59. The molecule has 0 aliphatic rings. The number of rotatable bonds is 1. The van der Waals surface area contributed by atoms with Crippen molar-refractivity contribution in [2.75, 3.05) is 0 Å². The van der Waals surface area contributed by atoms with Crippen LogP contribution in [0.25, 0.3) is 5.52 Å². The minimum atomic E-state index is -0.927. The monoisotopic (exact) mass is 254 g/mol. The Balaban J connectivity index is 2.80. The van der Waals surface area contributed by atoms with E-state index >= 15 is 0 Å². The van der Waals surface area contributed by atoms with Crippen LogP contribution in [0.2, 0.25) is 0 Å². The van der Waals surface area contributed by atoms with Crippen molar-refractivity contribution in [1.29, 1.82) is 0 Å². The number of aromatic carboxylic acids is 1. The van der Waals surface area contributed by atoms with E-state index in [9.17, 15) is 4.79 Å². The summed E-state index contributed by atoms with van der Waals surface area (Å²) < 4.78 is 2.40. The van der Waals surface area contributed by atoms with E-state index < -0.39 is 5.97 Å². The fourth-order valence-corrected chi connectivity index (χ4v) is 1.68. The fourth-order valence-electron chi connectivity index (χ4n) is 1.37. The molecule has 0 amide bonds. The number of halogens is 1. The van der Waals surface area contributed by atoms with Crippen molar-refractivity contribution < 1.29 is 9.90 Å². The van der Waals surface area contributed by atoms with Crippen molar-refractivity contribution in [2.24, 2.45) is 0 Å². The Morgan fingerprint density at radius 2 is 2.36 bits per heavy atom. The number of hydrogen-bond donors (Lipinski definition) is 1. The summed E-state index contributed by atoms with van der Waals surface area (Å²) in [6, 6.07) is 1.84. The second-order valence-corrected chi connectivity index (χ2v) is 3.89. The van der Waals surface area contributed by atoms with Crippen LogP contribution in [0.5, 0.6) is 0 Å². The maximum absolute atomic E-state index is 10.8. The molecule has 2 heterocycles. The number of carboxylic acid groups (broad SMARTS) is 1. The third kappa shape index (κ3) is 1.29. The highest BCUT2D eigenvalue weighted by Gasteiger charge is 2.13. The van der Waals surface area contributed by atoms with Gasteiger partial charge in [-0.1, -0.05) is 0 Å². The van der Waals surface area contributed by atoms with Crippen LogP contribution in [-0.2, 0) is 0 Å². The van der Waals surface area contributed by atoms with E-state index in [-0.39, 0.29) is 5.56 Å². The van der Waals surface area contributed by atoms with Crippen LogP contribution in [0.15, 0.2) is 22.9 Å². The smallest absolute Gasteiger partial charge is 0.337 e. The number of aromatic nitrogens is 2. The highest BCUT2D eigenvalue weighted by atomic mass is 79.9. The van der Waals surface area contributed by atoms with Crippen molar-refractivity contribution in [3.63, 3.8) is 0 Å². The predicted molar refractivity (Wildman–Crippen MR) is 54.6 cm³/mol. The molecular weight excluding hydrogens is 248 g/mol. The van der Waals surface area contributed by atoms with E-state index in [1.54, 1.807) is 17.6 Å². The molecular formula is C9H7BrN2O2. The van der Waals surface area contributed by atoms with E-state index in [1.807, 2.05) is 6.07 Å². The standard InChI is InChI=1S/C9H7BrN2O2/c1-5-7(9(13)14)4-12-8(5)2-6(10)3-11-12/h2-4H,1H3,(H,13,14). The molecule has 4 nitrogen and oxygen atoms in total. The number of carbonyl (C=O) groups is 1. The van der Waals surface area contributed by atoms with Crippen LogP contribution in [0.1, 0.15) is 15.9 Å². The van der Waals surface area contributed by atoms with E-state index in [1.165, 1.54) is 6.20 Å². The second kappa shape index (κ2) is 3.09. The summed E-state index contributed by atoms with van der Waals surface area (Å²) >= 11 is 3.29. The summed E-state index contributed by atoms with van der Waals surface area (Å²) in [5, 5.41) is 12.9. The third-order valence-electron chi connectivity index (χ3n) is 2.10. The van der Waals surface area contributed by atoms with E-state index in [0.717, 1.165) is 15.6 Å². The fraction of sp³-hybridized carbons (Fsp3) is 0.111. The van der Waals surface area contributed by atoms with Crippen LogP contribution >= 0.6 is 15.9 Å². The first-order valence-electron chi connectivity index (χ1n) is 3.96. The summed E-state index contributed by atoms with van der Waals surface area (Å²) in [5.41, 5.74) is 1.82. The Kier molecular flexibility index (Phi) is 2.03. The van der Waals surface area contributed by atoms with Gasteiger partial charge in [0.15, 0.2) is 0 Å². The van der Waals surface area contributed by atoms with Gasteiger partial charge in [-0.3, -0.25) is 0 Å². The second-order valence-electron chi connectivity index (χ2n) is 2.98. The molecule has 0 spiro atoms. The lowest BCUT2D eigenvalue weighted by molar-refractivity contribution is 0.0696. The average Bonchev–Trinajstić information content (AvgIpc) is 2.44. The van der Waals surface area contributed by atoms with Crippen LogP contribution in [0.4, 0.5) is 0 Å². The van der Waals surface area contributed by atoms with Gasteiger partial charge in [-0.2, -0.15) is 5.10 Å². The zero-order valence-electron chi connectivity index (χ0n) is 7.36. The van der Waals surface area contributed by atoms with E-state index in [4.69, 9.17) is 5.11 Å². The van der Waals surface area contributed by atoms with Gasteiger partial charge in [0.25, 0.3) is 0 Å². The SMILES string of the molecule is Cc1c(C(=O)O)cn2ncc(Br)cc12. The van der Waals surface area contributed by atoms with Crippen LogP contribution in [0, 0.1) is 6.92 Å². The van der Waals surface area contributed by atoms with Gasteiger partial charge in [-0.25, -0.2) is 9.31 Å². The number of hydrogen-bond acceptors (Lipinski definition) is 2. The zero-order chi connectivity index (χ0) is 10.3. The van der Waals surface area contributed by atoms with Gasteiger partial charge in [0.1, 0.15) is 0 Å². The molecule has 0 unspecified atom stereocenters. The number of nitrogens with zero attached hydrogens (tertiary/aromatic N) is 2. The largest absolute Gasteiger partial charge is 0.478 e. The molecule has 5 heteroatoms. The first kappa shape index (κ1) is 9.21. The average molecular weight is 255 g/mol. The van der Waals surface area contributed by atoms with Crippen molar-refractivity contribution in [3.8, 4) is 0 Å². The van der Waals surface area contributed by atoms with Gasteiger partial charge in [0.2, 0.25) is 0 Å². The summed E-state index contributed by atoms with van der Waals surface area (Å²) in [5.74, 6) is -0.927. The van der Waals surface area contributed by atoms with E-state index in [2.05, 4.69) is 21.0 Å². The lowest BCUT2D eigenvalue weighted by Gasteiger charge is -1.94. The molecule has 0 radical (unpaired) electrons. The molecule has 0 atom stereocenters. The van der Waals surface area contributed by atoms with Crippen molar-refractivity contribution in [1.82, 2.24) is 9.61 Å². The maximum atomic E-state index is 10.8. The Hall–Kier alpha value is -1.36. The molecule has 0 bridgehead atoms. The Bertz CT molecular complexity index is 519. The molecule has 72 valence electrons. The summed E-state index contributed by atoms with van der Waals surface area (Å²) in [4.78, 5) is 10.8. The molecule has 0 saturated carbocycles. The molecule has 0 aromatic carbocycles. The van der Waals surface area contributed by atoms with Gasteiger partial charge in [0, 0.05) is 10.7 Å². The van der Waals surface area contributed by atoms with Gasteiger partial charge in [-0.05, 0) is 34.5 Å². The molecule has 1 N–H and O–H groups in total. The third-order valence-corrected chi connectivity index (χ3v) is 2.53. The molecule has 0 saturated heterocycles. The van der Waals surface area contributed by atoms with Gasteiger partial charge in [0.05, 0.1) is 17.3 Å². The highest BCUT2D eigenvalue weighted by Crippen LogP contribution is 2.19. The predicted octanol–water partition coefficient (Wildman–Crippen LogP) is 2.10. The molecule has 0 fully saturated rings. The quantitative estimate of drug-likeness (QED) is 0.848. The lowest BCUT2D eigenvalue weighted by Crippen LogP contribution is -1.95. The molecule has 2 aromatic rings. The topological polar surface area (TPSA) is 54.6 Å². The van der Waals surface area contributed by atoms with Crippen LogP contribution < -0.4 is 0 Å². The number of carboxylic acids is 1. The van der Waals surface area contributed by atoms with Crippen LogP contribution in [0.3, 0.4) is 0 Å². The Labute approximate surface area is 88.3 Å². The normalized spacial score (nSPS) is 10.7. The van der Waals surface area contributed by atoms with Crippen molar-refractivity contribution >= 4 is 27.4 Å². The van der Waals surface area contributed by atoms with Crippen LogP contribution in [-0.4, -0.2) is 20.7 Å². The molecule has 0 aliphatic heterocycles. The van der Waals surface area contributed by atoms with Crippen molar-refractivity contribution in [2.45, 2.75) is 6.92 Å². The van der Waals surface area contributed by atoms with Crippen molar-refractivity contribution in [3.05, 3.63) is 34.1 Å². The summed E-state index contributed by atoms with van der Waals surface area (Å²) in [6.07, 6.45) is 3.14. The highest BCUT2D eigenvalue weighted by molar-refractivity contribution is 9.10. The Morgan fingerprint density at radius 3 is 3.00 bits per heavy atom. The first-order valence-corrected chi connectivity index (χ1v) is 4.75.